The van der Waals surface area contributed by atoms with Gasteiger partial charge in [-0.15, -0.1) is 0 Å². The second kappa shape index (κ2) is 27.3. The minimum Gasteiger partial charge on any atom is -0.871 e. The molecule has 112 heavy (non-hydrogen) atoms. The van der Waals surface area contributed by atoms with Gasteiger partial charge in [0.2, 0.25) is 16.8 Å². The highest BCUT2D eigenvalue weighted by Gasteiger charge is 2.53. The summed E-state index contributed by atoms with van der Waals surface area (Å²) in [6, 6.07) is 0.654. The number of rotatable bonds is 5. The number of fused-ring (bicyclic) bond motifs is 4. The van der Waals surface area contributed by atoms with Gasteiger partial charge in [0.05, 0.1) is 10.8 Å². The normalized spacial score (nSPS) is 21.2. The van der Waals surface area contributed by atoms with Crippen LogP contribution in [0, 0.1) is 125 Å². The maximum absolute atomic E-state index is 14.1. The summed E-state index contributed by atoms with van der Waals surface area (Å²) in [5, 5.41) is 43.8. The molecule has 0 spiro atoms. The first-order chi connectivity index (χ1) is 51.4. The molecule has 594 valence electrons. The summed E-state index contributed by atoms with van der Waals surface area (Å²) in [5.41, 5.74) is 44.0. The largest absolute Gasteiger partial charge is 0.871 e. The zero-order chi connectivity index (χ0) is 84.6. The fourth-order valence-electron chi connectivity index (χ4n) is 22.6. The molecule has 0 saturated heterocycles. The Labute approximate surface area is 670 Å². The summed E-state index contributed by atoms with van der Waals surface area (Å²) in [5.74, 6) is -0.699. The van der Waals surface area contributed by atoms with E-state index in [0.717, 1.165) is 123 Å². The Hall–Kier alpha value is -9.16. The van der Waals surface area contributed by atoms with Gasteiger partial charge in [-0.2, -0.15) is 4.58 Å². The van der Waals surface area contributed by atoms with Crippen LogP contribution in [0.5, 0.6) is 0 Å². The summed E-state index contributed by atoms with van der Waals surface area (Å²) in [7, 11) is 16.6. The van der Waals surface area contributed by atoms with Crippen molar-refractivity contribution in [3.8, 4) is 0 Å². The van der Waals surface area contributed by atoms with Crippen LogP contribution < -0.4 is 45.2 Å². The highest BCUT2D eigenvalue weighted by Crippen LogP contribution is 2.57. The molecule has 2 unspecified atom stereocenters. The van der Waals surface area contributed by atoms with E-state index in [1.54, 1.807) is 0 Å². The lowest BCUT2D eigenvalue weighted by atomic mass is 9.71. The Morgan fingerprint density at radius 3 is 1.36 bits per heavy atom. The fourth-order valence-corrected chi connectivity index (χ4v) is 22.6. The lowest BCUT2D eigenvalue weighted by Gasteiger charge is -2.37. The number of nitrogens with zero attached hydrogens (tertiary/aromatic N) is 6. The lowest BCUT2D eigenvalue weighted by molar-refractivity contribution is -0.463. The van der Waals surface area contributed by atoms with E-state index in [1.807, 2.05) is 69.7 Å². The molecule has 5 aromatic rings. The number of carbonyl (C=O) groups excluding carboxylic acids is 3. The van der Waals surface area contributed by atoms with E-state index in [0.29, 0.717) is 45.5 Å². The Bertz CT molecular complexity index is 5740. The van der Waals surface area contributed by atoms with Crippen LogP contribution in [0.4, 0.5) is 22.7 Å². The van der Waals surface area contributed by atoms with Gasteiger partial charge >= 0.3 is 0 Å². The van der Waals surface area contributed by atoms with Crippen LogP contribution in [-0.2, 0) is 36.0 Å². The molecule has 4 heterocycles. The number of hydrogen-bond donors (Lipinski definition) is 0. The quantitative estimate of drug-likeness (QED) is 0.124. The molecule has 0 radical (unpaired) electrons. The molecule has 13 rings (SSSR count). The van der Waals surface area contributed by atoms with Gasteiger partial charge in [0, 0.05) is 140 Å². The highest BCUT2D eigenvalue weighted by molar-refractivity contribution is 6.52. The molecule has 12 heteroatoms. The van der Waals surface area contributed by atoms with Crippen LogP contribution in [0.15, 0.2) is 78.7 Å². The Balaban J connectivity index is 0.000000168. The van der Waals surface area contributed by atoms with Crippen LogP contribution >= 0.6 is 0 Å². The monoisotopic (exact) mass is 1510 g/mol. The second-order valence-electron chi connectivity index (χ2n) is 37.2. The van der Waals surface area contributed by atoms with Crippen LogP contribution in [0.3, 0.4) is 0 Å². The minimum atomic E-state index is -0.335. The molecule has 0 aromatic heterocycles. The number of hydrogen-bond acceptors (Lipinski definition) is 9. The molecule has 12 nitrogen and oxygen atoms in total. The molecule has 0 saturated carbocycles. The standard InChI is InChI=1S/C38H48N2O2.C34H44N2O2.C28H36N2O2/c1-17-19(3)23(7)31-29(21(17)5)37(11,12)35(39(31)15)25(9)27-33(41)28(34(27)42)26(10)36-38(13,14)30-22(6)18(2)20(4)24(8)32(30)40(36)16;1-15-17(3)29-27(33(9,10)21(7)35(29)13)19(5)23(15)25-31(37)26(32(25)38)24-16(2)18(4)30-28(20(24)6)34(11,12)22(8)36(30)14;1-13-17(5)25(29(9)10)18(6)14(2)21(13)23-27(31)24(28(23)32)22-15(3)19(7)26(30(11)12)20(8)16(22)4/h1-16H3;21-22H,1-14H3;1-12H3. The average molecular weight is 1510 g/mol. The van der Waals surface area contributed by atoms with E-state index in [9.17, 15) is 29.7 Å². The first-order valence-electron chi connectivity index (χ1n) is 40.3. The molecule has 5 aromatic carbocycles. The van der Waals surface area contributed by atoms with Gasteiger partial charge in [-0.3, -0.25) is 14.4 Å². The van der Waals surface area contributed by atoms with Crippen LogP contribution in [0.2, 0.25) is 0 Å². The van der Waals surface area contributed by atoms with Crippen molar-refractivity contribution in [2.45, 2.75) is 269 Å². The summed E-state index contributed by atoms with van der Waals surface area (Å²) in [6.07, 6.45) is 0. The molecule has 0 amide bonds. The van der Waals surface area contributed by atoms with Crippen molar-refractivity contribution in [3.05, 3.63) is 223 Å². The number of anilines is 3. The molecule has 2 atom stereocenters. The van der Waals surface area contributed by atoms with Gasteiger partial charge in [0.25, 0.3) is 0 Å². The Kier molecular flexibility index (Phi) is 20.4. The molecule has 4 aliphatic heterocycles. The van der Waals surface area contributed by atoms with Crippen LogP contribution in [0.1, 0.15) is 244 Å². The number of likely N-dealkylation sites (N-methyl/N-ethyl adjacent to an activating group) is 3. The van der Waals surface area contributed by atoms with Crippen molar-refractivity contribution in [1.29, 1.82) is 0 Å². The van der Waals surface area contributed by atoms with Crippen LogP contribution in [0.25, 0.3) is 16.7 Å². The molecule has 0 N–H and O–H groups in total. The average Bonchev–Trinajstić information content (AvgIpc) is 1.30. The van der Waals surface area contributed by atoms with Gasteiger partial charge in [0.1, 0.15) is 28.2 Å². The van der Waals surface area contributed by atoms with E-state index in [4.69, 9.17) is 0 Å². The first kappa shape index (κ1) is 83.8. The van der Waals surface area contributed by atoms with Gasteiger partial charge in [-0.05, 0) is 346 Å². The number of allylic oxidation sites excluding steroid dienone is 14. The maximum atomic E-state index is 14.1. The SMILES string of the molecule is C/C(C1=[N+](C)c2c(C)c(C)c(C)c(C)c2C1(C)C)=C1/C(=O)C(C(/C)=C2/N(C)c3c(C)c(C)c(C)c(C)c3C2(C)C)=C1[O-].CC1=C(C)C(=[N+](C)C)C(C)=C(C)C1=C1C(=O)C(c2c(C)c(C)c(N(C)C)c(C)c2C)=C1[O-].Cc1c(C)c2c(c(C)c1C1=C([O-])/C(=c3\c(C)c(C)c4c(c3C)C(C)(C)C(C)[N+]=4C)C1=O)C(C)(C)C(C)N2C. The predicted molar refractivity (Wildman–Crippen MR) is 462 cm³/mol. The summed E-state index contributed by atoms with van der Waals surface area (Å²) in [4.78, 5) is 48.3. The number of carbonyl (C=O) groups is 3. The van der Waals surface area contributed by atoms with Crippen molar-refractivity contribution >= 4 is 68.2 Å². The van der Waals surface area contributed by atoms with Crippen molar-refractivity contribution in [2.75, 3.05) is 71.1 Å². The van der Waals surface area contributed by atoms with Crippen molar-refractivity contribution < 1.29 is 38.9 Å². The Morgan fingerprint density at radius 1 is 0.438 bits per heavy atom. The summed E-state index contributed by atoms with van der Waals surface area (Å²) < 4.78 is 6.70. The topological polar surface area (TPSA) is 139 Å². The fraction of sp³-hybridized carbons (Fsp3) is 0.480. The number of benzene rings is 5. The van der Waals surface area contributed by atoms with Gasteiger partial charge in [-0.1, -0.05) is 45.0 Å². The van der Waals surface area contributed by atoms with E-state index in [2.05, 4.69) is 250 Å². The third kappa shape index (κ3) is 11.0. The maximum Gasteiger partial charge on any atom is 0.213 e. The van der Waals surface area contributed by atoms with E-state index in [-0.39, 0.29) is 56.3 Å². The van der Waals surface area contributed by atoms with Crippen molar-refractivity contribution in [1.82, 2.24) is 4.58 Å². The number of Topliss-reactive ketones (excluding diaryl/α,β-unsaturated/α-hetero) is 3. The zero-order valence-electron chi connectivity index (χ0n) is 76.3. The van der Waals surface area contributed by atoms with Gasteiger partial charge in [0.15, 0.2) is 29.1 Å². The summed E-state index contributed by atoms with van der Waals surface area (Å²) in [6.45, 7) is 73.0. The van der Waals surface area contributed by atoms with Crippen LogP contribution in [-0.4, -0.2) is 106 Å². The first-order valence-corrected chi connectivity index (χ1v) is 40.3. The second-order valence-corrected chi connectivity index (χ2v) is 37.2. The van der Waals surface area contributed by atoms with E-state index in [1.165, 1.54) is 100 Å². The van der Waals surface area contributed by atoms with Gasteiger partial charge in [-0.25, -0.2) is 9.15 Å². The van der Waals surface area contributed by atoms with E-state index < -0.39 is 0 Å². The molecule has 4 aliphatic carbocycles. The third-order valence-electron chi connectivity index (χ3n) is 30.1. The zero-order valence-corrected chi connectivity index (χ0v) is 76.3. The summed E-state index contributed by atoms with van der Waals surface area (Å²) >= 11 is 0. The van der Waals surface area contributed by atoms with Crippen molar-refractivity contribution in [2.24, 2.45) is 0 Å². The molecular formula is C100H128N6O6. The van der Waals surface area contributed by atoms with Gasteiger partial charge < -0.3 is 30.0 Å². The number of ketones is 3. The smallest absolute Gasteiger partial charge is 0.213 e. The molecule has 0 fully saturated rings. The van der Waals surface area contributed by atoms with Crippen molar-refractivity contribution in [3.63, 3.8) is 0 Å². The minimum absolute atomic E-state index is 0.0805. The lowest BCUT2D eigenvalue weighted by Crippen LogP contribution is -2.39. The molecule has 8 aliphatic rings. The third-order valence-corrected chi connectivity index (χ3v) is 30.1. The highest BCUT2D eigenvalue weighted by atomic mass is 16.3. The molecule has 0 bridgehead atoms. The molecular weight excluding hydrogens is 1380 g/mol. The predicted octanol–water partition coefficient (Wildman–Crippen LogP) is 15.7. The Morgan fingerprint density at radius 2 is 0.884 bits per heavy atom. The van der Waals surface area contributed by atoms with E-state index >= 15 is 0 Å².